The fourth-order valence-electron chi connectivity index (χ4n) is 0.139. The Kier molecular flexibility index (Phi) is 30.5. The molecule has 0 aliphatic rings. The third kappa shape index (κ3) is 38.9. The summed E-state index contributed by atoms with van der Waals surface area (Å²) in [4.78, 5) is 31.0. The summed E-state index contributed by atoms with van der Waals surface area (Å²) in [5.41, 5.74) is 0. The van der Waals surface area contributed by atoms with Crippen LogP contribution < -0.4 is 0 Å². The summed E-state index contributed by atoms with van der Waals surface area (Å²) < 4.78 is 22.2. The standard InChI is InChI=1S/Cu.H4O7P2.4H2O/c;1-8(2,3)7-9(4,5)6;;;;/h;(H2,1,2,3)(H2,4,5,6);4*1H2. The third-order valence-electron chi connectivity index (χ3n) is 0.213. The van der Waals surface area contributed by atoms with Gasteiger partial charge in [0.2, 0.25) is 0 Å². The third-order valence-corrected chi connectivity index (χ3v) is 1.91. The van der Waals surface area contributed by atoms with Crippen LogP contribution >= 0.6 is 15.6 Å². The van der Waals surface area contributed by atoms with Crippen LogP contribution in [0.3, 0.4) is 0 Å². The van der Waals surface area contributed by atoms with E-state index in [4.69, 9.17) is 19.6 Å². The first-order chi connectivity index (χ1) is 3.71. The molecule has 0 aromatic carbocycles. The topological polar surface area (TPSA) is 250 Å². The average molecular weight is 314 g/mol. The van der Waals surface area contributed by atoms with Crippen molar-refractivity contribution in [2.45, 2.75) is 0 Å². The van der Waals surface area contributed by atoms with Crippen LogP contribution in [-0.2, 0) is 30.5 Å². The fraction of sp³-hybridized carbons (Fsp3) is 0. The predicted molar refractivity (Wildman–Crippen MR) is 39.6 cm³/mol. The number of hydrogen-bond donors (Lipinski definition) is 4. The monoisotopic (exact) mass is 313 g/mol. The molecule has 0 saturated heterocycles. The Hall–Kier alpha value is 0.619. The molecule has 0 saturated carbocycles. The molecule has 0 bridgehead atoms. The Balaban J connectivity index is -0.0000000320. The van der Waals surface area contributed by atoms with E-state index in [-0.39, 0.29) is 39.0 Å². The Morgan fingerprint density at radius 1 is 0.714 bits per heavy atom. The maximum absolute atomic E-state index is 9.63. The van der Waals surface area contributed by atoms with Gasteiger partial charge in [0.15, 0.2) is 0 Å². The molecular formula is H12CuO11P2. The van der Waals surface area contributed by atoms with E-state index < -0.39 is 15.6 Å². The van der Waals surface area contributed by atoms with Crippen LogP contribution in [-0.4, -0.2) is 41.5 Å². The molecule has 0 aliphatic heterocycles. The number of rotatable bonds is 2. The molecule has 14 heavy (non-hydrogen) atoms. The minimum Gasteiger partial charge on any atom is -0.412 e. The molecular weight excluding hydrogens is 301 g/mol. The van der Waals surface area contributed by atoms with E-state index in [9.17, 15) is 9.13 Å². The molecule has 12 N–H and O–H groups in total. The second-order valence-corrected chi connectivity index (χ2v) is 3.68. The summed E-state index contributed by atoms with van der Waals surface area (Å²) in [5.74, 6) is 0. The average Bonchev–Trinajstić information content (AvgIpc) is 1.14. The van der Waals surface area contributed by atoms with Crippen molar-refractivity contribution in [3.8, 4) is 0 Å². The van der Waals surface area contributed by atoms with Crippen molar-refractivity contribution in [3.05, 3.63) is 0 Å². The van der Waals surface area contributed by atoms with Crippen LogP contribution in [0, 0.1) is 0 Å². The van der Waals surface area contributed by atoms with E-state index in [2.05, 4.69) is 4.31 Å². The van der Waals surface area contributed by atoms with Crippen molar-refractivity contribution >= 4 is 15.6 Å². The zero-order chi connectivity index (χ0) is 7.71. The van der Waals surface area contributed by atoms with Crippen molar-refractivity contribution in [3.63, 3.8) is 0 Å². The fourth-order valence-corrected chi connectivity index (χ4v) is 1.25. The number of phosphoric acid groups is 2. The summed E-state index contributed by atoms with van der Waals surface area (Å²) in [6.45, 7) is 0. The van der Waals surface area contributed by atoms with Crippen molar-refractivity contribution in [2.24, 2.45) is 0 Å². The first kappa shape index (κ1) is 36.5. The molecule has 14 heteroatoms. The van der Waals surface area contributed by atoms with Gasteiger partial charge in [-0.05, 0) is 0 Å². The van der Waals surface area contributed by atoms with Gasteiger partial charge < -0.3 is 41.5 Å². The van der Waals surface area contributed by atoms with Gasteiger partial charge in [-0.1, -0.05) is 0 Å². The summed E-state index contributed by atoms with van der Waals surface area (Å²) in [6, 6.07) is 0. The van der Waals surface area contributed by atoms with E-state index in [1.54, 1.807) is 0 Å². The SMILES string of the molecule is O.O.O.O.O=P(O)(O)OP(=O)(O)O.[Cu]. The molecule has 0 atom stereocenters. The van der Waals surface area contributed by atoms with Crippen LogP contribution in [0.2, 0.25) is 0 Å². The first-order valence-electron chi connectivity index (χ1n) is 1.53. The molecule has 11 nitrogen and oxygen atoms in total. The van der Waals surface area contributed by atoms with Crippen LogP contribution in [0.15, 0.2) is 0 Å². The summed E-state index contributed by atoms with van der Waals surface area (Å²) >= 11 is 0. The van der Waals surface area contributed by atoms with Crippen molar-refractivity contribution in [1.29, 1.82) is 0 Å². The van der Waals surface area contributed by atoms with E-state index in [1.807, 2.05) is 0 Å². The molecule has 0 rings (SSSR count). The molecule has 0 spiro atoms. The molecule has 0 amide bonds. The molecule has 0 fully saturated rings. The molecule has 99 valence electrons. The molecule has 1 radical (unpaired) electrons. The molecule has 0 aromatic rings. The second-order valence-electron chi connectivity index (χ2n) is 1.06. The van der Waals surface area contributed by atoms with E-state index >= 15 is 0 Å². The molecule has 0 heterocycles. The molecule has 0 aliphatic carbocycles. The Bertz CT molecular complexity index is 154. The maximum Gasteiger partial charge on any atom is 0.478 e. The van der Waals surface area contributed by atoms with Crippen molar-refractivity contribution in [1.82, 2.24) is 0 Å². The summed E-state index contributed by atoms with van der Waals surface area (Å²) in [6.07, 6.45) is 0. The van der Waals surface area contributed by atoms with Crippen molar-refractivity contribution < 1.29 is 72.0 Å². The van der Waals surface area contributed by atoms with Gasteiger partial charge in [-0.25, -0.2) is 9.13 Å². The van der Waals surface area contributed by atoms with E-state index in [0.29, 0.717) is 0 Å². The Morgan fingerprint density at radius 2 is 0.857 bits per heavy atom. The molecule has 0 unspecified atom stereocenters. The van der Waals surface area contributed by atoms with Crippen LogP contribution in [0.4, 0.5) is 0 Å². The number of hydrogen-bond acceptors (Lipinski definition) is 3. The van der Waals surface area contributed by atoms with Gasteiger partial charge >= 0.3 is 15.6 Å². The van der Waals surface area contributed by atoms with E-state index in [1.165, 1.54) is 0 Å². The largest absolute Gasteiger partial charge is 0.478 e. The summed E-state index contributed by atoms with van der Waals surface area (Å²) in [7, 11) is -10.1. The molecule has 0 aromatic heterocycles. The van der Waals surface area contributed by atoms with Crippen LogP contribution in [0.5, 0.6) is 0 Å². The maximum atomic E-state index is 9.63. The Morgan fingerprint density at radius 3 is 0.857 bits per heavy atom. The minimum atomic E-state index is -5.05. The van der Waals surface area contributed by atoms with Crippen molar-refractivity contribution in [2.75, 3.05) is 0 Å². The van der Waals surface area contributed by atoms with Gasteiger partial charge in [0.1, 0.15) is 0 Å². The normalized spacial score (nSPS) is 8.86. The van der Waals surface area contributed by atoms with Gasteiger partial charge in [0, 0.05) is 17.1 Å². The van der Waals surface area contributed by atoms with Gasteiger partial charge in [-0.3, -0.25) is 0 Å². The van der Waals surface area contributed by atoms with Crippen LogP contribution in [0.1, 0.15) is 0 Å². The van der Waals surface area contributed by atoms with Crippen LogP contribution in [0.25, 0.3) is 0 Å². The van der Waals surface area contributed by atoms with Gasteiger partial charge in [0.25, 0.3) is 0 Å². The smallest absolute Gasteiger partial charge is 0.412 e. The first-order valence-corrected chi connectivity index (χ1v) is 4.59. The zero-order valence-electron chi connectivity index (χ0n) is 6.21. The van der Waals surface area contributed by atoms with E-state index in [0.717, 1.165) is 0 Å². The van der Waals surface area contributed by atoms with Gasteiger partial charge in [-0.2, -0.15) is 4.31 Å². The second kappa shape index (κ2) is 11.7. The zero-order valence-corrected chi connectivity index (χ0v) is 8.94. The summed E-state index contributed by atoms with van der Waals surface area (Å²) in [5, 5.41) is 0. The minimum absolute atomic E-state index is 0. The Labute approximate surface area is 88.3 Å². The van der Waals surface area contributed by atoms with Gasteiger partial charge in [0.05, 0.1) is 0 Å². The predicted octanol–water partition coefficient (Wildman–Crippen LogP) is -4.11. The quantitative estimate of drug-likeness (QED) is 0.289. The van der Waals surface area contributed by atoms with Gasteiger partial charge in [-0.15, -0.1) is 0 Å².